The number of ether oxygens (including phenoxy) is 4. The Morgan fingerprint density at radius 1 is 1.17 bits per heavy atom. The Morgan fingerprint density at radius 2 is 1.83 bits per heavy atom. The zero-order valence-corrected chi connectivity index (χ0v) is 20.9. The van der Waals surface area contributed by atoms with Crippen LogP contribution in [0.4, 0.5) is 0 Å². The van der Waals surface area contributed by atoms with Crippen molar-refractivity contribution in [2.45, 2.75) is 33.2 Å². The van der Waals surface area contributed by atoms with Crippen LogP contribution in [0.15, 0.2) is 17.1 Å². The van der Waals surface area contributed by atoms with E-state index in [1.165, 1.54) is 0 Å². The number of benzene rings is 1. The summed E-state index contributed by atoms with van der Waals surface area (Å²) in [5.74, 6) is 2.30. The molecule has 0 amide bonds. The van der Waals surface area contributed by atoms with Crippen LogP contribution in [0.3, 0.4) is 0 Å². The van der Waals surface area contributed by atoms with E-state index in [4.69, 9.17) is 23.9 Å². The van der Waals surface area contributed by atoms with E-state index >= 15 is 0 Å². The highest BCUT2D eigenvalue weighted by Crippen LogP contribution is 2.38. The maximum atomic E-state index is 12.2. The summed E-state index contributed by atoms with van der Waals surface area (Å²) in [6, 6.07) is 3.79. The first-order valence-corrected chi connectivity index (χ1v) is 10.1. The van der Waals surface area contributed by atoms with Crippen molar-refractivity contribution in [2.24, 2.45) is 10.9 Å². The summed E-state index contributed by atoms with van der Waals surface area (Å²) in [5, 5.41) is 3.33. The molecule has 2 rings (SSSR count). The molecule has 1 aromatic carbocycles. The number of guanidine groups is 1. The molecule has 170 valence electrons. The van der Waals surface area contributed by atoms with Crippen molar-refractivity contribution in [1.29, 1.82) is 0 Å². The standard InChI is InChI=1S/C21H33N3O5.HI/c1-6-22-21(24-10-8-9-16(14-24)20(25)29-7-2)23-13-15-11-17(26-3)19(28-5)18(12-15)27-4;/h11-12,16H,6-10,13-14H2,1-5H3,(H,22,23);1H. The van der Waals surface area contributed by atoms with Gasteiger partial charge in [-0.15, -0.1) is 24.0 Å². The van der Waals surface area contributed by atoms with E-state index in [-0.39, 0.29) is 35.9 Å². The van der Waals surface area contributed by atoms with Crippen molar-refractivity contribution < 1.29 is 23.7 Å². The Balaban J connectivity index is 0.00000450. The van der Waals surface area contributed by atoms with Gasteiger partial charge in [0.2, 0.25) is 5.75 Å². The number of hydrogen-bond acceptors (Lipinski definition) is 6. The first-order chi connectivity index (χ1) is 14.1. The molecular formula is C21H34IN3O5. The molecule has 1 fully saturated rings. The number of rotatable bonds is 8. The monoisotopic (exact) mass is 535 g/mol. The Hall–Kier alpha value is -1.91. The fourth-order valence-corrected chi connectivity index (χ4v) is 3.44. The maximum Gasteiger partial charge on any atom is 0.310 e. The van der Waals surface area contributed by atoms with Crippen LogP contribution < -0.4 is 19.5 Å². The molecule has 1 aliphatic heterocycles. The minimum Gasteiger partial charge on any atom is -0.493 e. The number of esters is 1. The summed E-state index contributed by atoms with van der Waals surface area (Å²) in [6.07, 6.45) is 1.78. The molecule has 8 nitrogen and oxygen atoms in total. The van der Waals surface area contributed by atoms with Crippen LogP contribution in [0.25, 0.3) is 0 Å². The average Bonchev–Trinajstić information content (AvgIpc) is 2.75. The number of nitrogens with one attached hydrogen (secondary N) is 1. The van der Waals surface area contributed by atoms with Gasteiger partial charge < -0.3 is 29.2 Å². The molecule has 1 aliphatic rings. The summed E-state index contributed by atoms with van der Waals surface area (Å²) in [4.78, 5) is 19.1. The van der Waals surface area contributed by atoms with E-state index < -0.39 is 0 Å². The molecule has 0 aliphatic carbocycles. The lowest BCUT2D eigenvalue weighted by molar-refractivity contribution is -0.149. The van der Waals surface area contributed by atoms with Gasteiger partial charge in [-0.25, -0.2) is 4.99 Å². The van der Waals surface area contributed by atoms with Crippen molar-refractivity contribution in [2.75, 3.05) is 47.6 Å². The number of methoxy groups -OCH3 is 3. The first kappa shape index (κ1) is 26.1. The predicted molar refractivity (Wildman–Crippen MR) is 127 cm³/mol. The molecule has 0 spiro atoms. The molecule has 1 atom stereocenters. The van der Waals surface area contributed by atoms with Crippen LogP contribution in [-0.4, -0.2) is 64.4 Å². The molecule has 1 saturated heterocycles. The Kier molecular flexibility index (Phi) is 11.7. The first-order valence-electron chi connectivity index (χ1n) is 10.1. The molecule has 0 bridgehead atoms. The van der Waals surface area contributed by atoms with Crippen LogP contribution in [0, 0.1) is 5.92 Å². The molecule has 0 aromatic heterocycles. The van der Waals surface area contributed by atoms with Crippen LogP contribution in [-0.2, 0) is 16.1 Å². The van der Waals surface area contributed by atoms with Crippen LogP contribution in [0.5, 0.6) is 17.2 Å². The third-order valence-electron chi connectivity index (χ3n) is 4.81. The Morgan fingerprint density at radius 3 is 2.37 bits per heavy atom. The molecule has 30 heavy (non-hydrogen) atoms. The van der Waals surface area contributed by atoms with E-state index in [1.807, 2.05) is 26.0 Å². The minimum absolute atomic E-state index is 0. The SMILES string of the molecule is CCNC(=NCc1cc(OC)c(OC)c(OC)c1)N1CCCC(C(=O)OCC)C1.I. The van der Waals surface area contributed by atoms with Crippen molar-refractivity contribution >= 4 is 35.9 Å². The summed E-state index contributed by atoms with van der Waals surface area (Å²) < 4.78 is 21.4. The Labute approximate surface area is 196 Å². The lowest BCUT2D eigenvalue weighted by Gasteiger charge is -2.34. The van der Waals surface area contributed by atoms with Crippen molar-refractivity contribution in [1.82, 2.24) is 10.2 Å². The van der Waals surface area contributed by atoms with E-state index in [2.05, 4.69) is 10.2 Å². The summed E-state index contributed by atoms with van der Waals surface area (Å²) in [5.41, 5.74) is 0.939. The second kappa shape index (κ2) is 13.4. The van der Waals surface area contributed by atoms with E-state index in [0.717, 1.165) is 37.5 Å². The number of aliphatic imine (C=N–C) groups is 1. The van der Waals surface area contributed by atoms with Crippen molar-refractivity contribution in [3.63, 3.8) is 0 Å². The number of likely N-dealkylation sites (tertiary alicyclic amines) is 1. The zero-order valence-electron chi connectivity index (χ0n) is 18.5. The largest absolute Gasteiger partial charge is 0.493 e. The normalized spacial score (nSPS) is 16.4. The summed E-state index contributed by atoms with van der Waals surface area (Å²) >= 11 is 0. The van der Waals surface area contributed by atoms with E-state index in [9.17, 15) is 4.79 Å². The highest BCUT2D eigenvalue weighted by atomic mass is 127. The predicted octanol–water partition coefficient (Wildman–Crippen LogP) is 3.07. The fourth-order valence-electron chi connectivity index (χ4n) is 3.44. The quantitative estimate of drug-likeness (QED) is 0.237. The molecule has 9 heteroatoms. The Bertz CT molecular complexity index is 689. The zero-order chi connectivity index (χ0) is 21.2. The average molecular weight is 535 g/mol. The number of carbonyl (C=O) groups is 1. The topological polar surface area (TPSA) is 81.6 Å². The molecular weight excluding hydrogens is 501 g/mol. The summed E-state index contributed by atoms with van der Waals surface area (Å²) in [7, 11) is 4.77. The number of piperidine rings is 1. The minimum atomic E-state index is -0.127. The van der Waals surface area contributed by atoms with Gasteiger partial charge in [0, 0.05) is 19.6 Å². The highest BCUT2D eigenvalue weighted by Gasteiger charge is 2.28. The van der Waals surface area contributed by atoms with Gasteiger partial charge in [-0.1, -0.05) is 0 Å². The molecule has 1 heterocycles. The molecule has 1 N–H and O–H groups in total. The molecule has 1 aromatic rings. The third kappa shape index (κ3) is 6.82. The van der Waals surface area contributed by atoms with Gasteiger partial charge in [0.1, 0.15) is 0 Å². The van der Waals surface area contributed by atoms with Gasteiger partial charge in [-0.05, 0) is 44.4 Å². The van der Waals surface area contributed by atoms with Gasteiger partial charge in [-0.3, -0.25) is 4.79 Å². The molecule has 1 unspecified atom stereocenters. The maximum absolute atomic E-state index is 12.2. The van der Waals surface area contributed by atoms with Crippen LogP contribution >= 0.6 is 24.0 Å². The molecule has 0 radical (unpaired) electrons. The van der Waals surface area contributed by atoms with E-state index in [1.54, 1.807) is 21.3 Å². The van der Waals surface area contributed by atoms with Crippen molar-refractivity contribution in [3.8, 4) is 17.2 Å². The lowest BCUT2D eigenvalue weighted by atomic mass is 9.98. The van der Waals surface area contributed by atoms with Crippen LogP contribution in [0.2, 0.25) is 0 Å². The van der Waals surface area contributed by atoms with E-state index in [0.29, 0.717) is 36.9 Å². The summed E-state index contributed by atoms with van der Waals surface area (Å²) in [6.45, 7) is 6.93. The van der Waals surface area contributed by atoms with Crippen molar-refractivity contribution in [3.05, 3.63) is 17.7 Å². The number of carbonyl (C=O) groups excluding carboxylic acids is 1. The van der Waals surface area contributed by atoms with Gasteiger partial charge >= 0.3 is 5.97 Å². The second-order valence-corrected chi connectivity index (χ2v) is 6.74. The third-order valence-corrected chi connectivity index (χ3v) is 4.81. The van der Waals surface area contributed by atoms with Crippen LogP contribution in [0.1, 0.15) is 32.3 Å². The number of hydrogen-bond donors (Lipinski definition) is 1. The second-order valence-electron chi connectivity index (χ2n) is 6.74. The smallest absolute Gasteiger partial charge is 0.310 e. The van der Waals surface area contributed by atoms with Gasteiger partial charge in [0.15, 0.2) is 17.5 Å². The highest BCUT2D eigenvalue weighted by molar-refractivity contribution is 14.0. The van der Waals surface area contributed by atoms with Gasteiger partial charge in [-0.2, -0.15) is 0 Å². The fraction of sp³-hybridized carbons (Fsp3) is 0.619. The number of nitrogens with zero attached hydrogens (tertiary/aromatic N) is 2. The number of halogens is 1. The van der Waals surface area contributed by atoms with Gasteiger partial charge in [0.25, 0.3) is 0 Å². The molecule has 0 saturated carbocycles. The lowest BCUT2D eigenvalue weighted by Crippen LogP contribution is -2.48. The van der Waals surface area contributed by atoms with Gasteiger partial charge in [0.05, 0.1) is 40.4 Å².